The second-order valence-electron chi connectivity index (χ2n) is 2.48. The van der Waals surface area contributed by atoms with Crippen LogP contribution in [0.5, 0.6) is 0 Å². The van der Waals surface area contributed by atoms with Crippen LogP contribution in [-0.2, 0) is 4.79 Å². The molecule has 1 unspecified atom stereocenters. The molecule has 1 atom stereocenters. The van der Waals surface area contributed by atoms with E-state index in [9.17, 15) is 13.6 Å². The molecule has 0 heterocycles. The maximum absolute atomic E-state index is 11.6. The largest absolute Gasteiger partial charge is 0.350 e. The molecular formula is C7H14F2N2O. The number of nitrogens with two attached hydrogens (primary N) is 1. The summed E-state index contributed by atoms with van der Waals surface area (Å²) in [5.74, 6) is -0.732. The smallest absolute Gasteiger partial charge is 0.255 e. The SMILES string of the molecule is CCC(CN)C(=O)NCC(F)F. The summed E-state index contributed by atoms with van der Waals surface area (Å²) in [4.78, 5) is 11.0. The van der Waals surface area contributed by atoms with Crippen LogP contribution in [0.1, 0.15) is 13.3 Å². The Morgan fingerprint density at radius 3 is 2.50 bits per heavy atom. The van der Waals surface area contributed by atoms with Crippen molar-refractivity contribution in [2.75, 3.05) is 13.1 Å². The van der Waals surface area contributed by atoms with Gasteiger partial charge < -0.3 is 11.1 Å². The first-order valence-corrected chi connectivity index (χ1v) is 3.87. The Balaban J connectivity index is 3.69. The van der Waals surface area contributed by atoms with Crippen molar-refractivity contribution in [3.8, 4) is 0 Å². The Bertz CT molecular complexity index is 137. The van der Waals surface area contributed by atoms with E-state index in [0.29, 0.717) is 6.42 Å². The summed E-state index contributed by atoms with van der Waals surface area (Å²) in [6.45, 7) is 1.40. The highest BCUT2D eigenvalue weighted by atomic mass is 19.3. The summed E-state index contributed by atoms with van der Waals surface area (Å²) >= 11 is 0. The molecule has 0 aliphatic rings. The number of amides is 1. The summed E-state index contributed by atoms with van der Waals surface area (Å²) in [5.41, 5.74) is 5.24. The minimum Gasteiger partial charge on any atom is -0.350 e. The van der Waals surface area contributed by atoms with Crippen molar-refractivity contribution >= 4 is 5.91 Å². The molecule has 0 aliphatic carbocycles. The first-order valence-electron chi connectivity index (χ1n) is 3.87. The third-order valence-corrected chi connectivity index (χ3v) is 1.58. The van der Waals surface area contributed by atoms with Gasteiger partial charge in [0.25, 0.3) is 6.43 Å². The number of nitrogens with one attached hydrogen (secondary N) is 1. The van der Waals surface area contributed by atoms with Crippen molar-refractivity contribution in [2.45, 2.75) is 19.8 Å². The van der Waals surface area contributed by atoms with Crippen LogP contribution in [0.4, 0.5) is 8.78 Å². The van der Waals surface area contributed by atoms with Gasteiger partial charge in [0.1, 0.15) is 0 Å². The van der Waals surface area contributed by atoms with Crippen LogP contribution in [0, 0.1) is 5.92 Å². The lowest BCUT2D eigenvalue weighted by molar-refractivity contribution is -0.125. The molecule has 0 saturated heterocycles. The van der Waals surface area contributed by atoms with Gasteiger partial charge in [-0.2, -0.15) is 0 Å². The van der Waals surface area contributed by atoms with Gasteiger partial charge in [0, 0.05) is 12.5 Å². The van der Waals surface area contributed by atoms with Gasteiger partial charge in [-0.3, -0.25) is 4.79 Å². The average molecular weight is 180 g/mol. The quantitative estimate of drug-likeness (QED) is 0.641. The molecule has 3 nitrogen and oxygen atoms in total. The van der Waals surface area contributed by atoms with Crippen LogP contribution in [0.25, 0.3) is 0 Å². The molecule has 5 heteroatoms. The van der Waals surface area contributed by atoms with E-state index in [-0.39, 0.29) is 18.4 Å². The van der Waals surface area contributed by atoms with Gasteiger partial charge in [0.15, 0.2) is 0 Å². The number of hydrogen-bond donors (Lipinski definition) is 2. The van der Waals surface area contributed by atoms with Crippen molar-refractivity contribution in [1.82, 2.24) is 5.32 Å². The molecule has 0 bridgehead atoms. The minimum absolute atomic E-state index is 0.200. The van der Waals surface area contributed by atoms with Gasteiger partial charge in [-0.25, -0.2) is 8.78 Å². The molecule has 0 saturated carbocycles. The molecule has 0 spiro atoms. The lowest BCUT2D eigenvalue weighted by Crippen LogP contribution is -2.37. The summed E-state index contributed by atoms with van der Waals surface area (Å²) in [5, 5.41) is 2.12. The summed E-state index contributed by atoms with van der Waals surface area (Å²) in [7, 11) is 0. The topological polar surface area (TPSA) is 55.1 Å². The van der Waals surface area contributed by atoms with Gasteiger partial charge in [-0.1, -0.05) is 6.92 Å². The van der Waals surface area contributed by atoms with Crippen molar-refractivity contribution in [3.63, 3.8) is 0 Å². The zero-order chi connectivity index (χ0) is 9.56. The number of halogens is 2. The van der Waals surface area contributed by atoms with E-state index < -0.39 is 13.0 Å². The first-order chi connectivity index (χ1) is 5.61. The summed E-state index contributed by atoms with van der Waals surface area (Å²) in [6.07, 6.45) is -1.92. The standard InChI is InChI=1S/C7H14F2N2O/c1-2-5(3-10)7(12)11-4-6(8)9/h5-6H,2-4,10H2,1H3,(H,11,12). The van der Waals surface area contributed by atoms with Crippen molar-refractivity contribution < 1.29 is 13.6 Å². The van der Waals surface area contributed by atoms with Gasteiger partial charge >= 0.3 is 0 Å². The monoisotopic (exact) mass is 180 g/mol. The fourth-order valence-corrected chi connectivity index (χ4v) is 0.781. The molecule has 1 amide bonds. The maximum Gasteiger partial charge on any atom is 0.255 e. The van der Waals surface area contributed by atoms with Crippen molar-refractivity contribution in [2.24, 2.45) is 11.7 Å². The molecule has 0 rings (SSSR count). The lowest BCUT2D eigenvalue weighted by atomic mass is 10.1. The predicted octanol–water partition coefficient (Wildman–Crippen LogP) is 0.353. The van der Waals surface area contributed by atoms with Crippen molar-refractivity contribution in [3.05, 3.63) is 0 Å². The molecule has 0 aromatic rings. The summed E-state index contributed by atoms with van der Waals surface area (Å²) < 4.78 is 23.2. The van der Waals surface area contributed by atoms with Crippen LogP contribution in [0.2, 0.25) is 0 Å². The number of carbonyl (C=O) groups excluding carboxylic acids is 1. The van der Waals surface area contributed by atoms with Crippen LogP contribution < -0.4 is 11.1 Å². The molecule has 72 valence electrons. The van der Waals surface area contributed by atoms with E-state index in [1.54, 1.807) is 6.92 Å². The van der Waals surface area contributed by atoms with Crippen LogP contribution in [-0.4, -0.2) is 25.4 Å². The molecule has 0 aromatic heterocycles. The van der Waals surface area contributed by atoms with Crippen molar-refractivity contribution in [1.29, 1.82) is 0 Å². The molecule has 0 aliphatic heterocycles. The molecule has 0 aromatic carbocycles. The zero-order valence-electron chi connectivity index (χ0n) is 7.02. The molecular weight excluding hydrogens is 166 g/mol. The molecule has 0 fully saturated rings. The Hall–Kier alpha value is -0.710. The highest BCUT2D eigenvalue weighted by Gasteiger charge is 2.15. The van der Waals surface area contributed by atoms with Gasteiger partial charge in [-0.15, -0.1) is 0 Å². The van der Waals surface area contributed by atoms with E-state index in [1.165, 1.54) is 0 Å². The summed E-state index contributed by atoms with van der Waals surface area (Å²) in [6, 6.07) is 0. The number of alkyl halides is 2. The second kappa shape index (κ2) is 5.88. The molecule has 0 radical (unpaired) electrons. The fourth-order valence-electron chi connectivity index (χ4n) is 0.781. The van der Waals surface area contributed by atoms with Gasteiger partial charge in [-0.05, 0) is 6.42 Å². The number of carbonyl (C=O) groups is 1. The third-order valence-electron chi connectivity index (χ3n) is 1.58. The lowest BCUT2D eigenvalue weighted by Gasteiger charge is -2.11. The average Bonchev–Trinajstić information content (AvgIpc) is 2.03. The third kappa shape index (κ3) is 4.23. The highest BCUT2D eigenvalue weighted by Crippen LogP contribution is 1.99. The van der Waals surface area contributed by atoms with Gasteiger partial charge in [0.2, 0.25) is 5.91 Å². The Morgan fingerprint density at radius 2 is 2.17 bits per heavy atom. The predicted molar refractivity (Wildman–Crippen MR) is 41.8 cm³/mol. The van der Waals surface area contributed by atoms with Crippen LogP contribution in [0.3, 0.4) is 0 Å². The van der Waals surface area contributed by atoms with E-state index >= 15 is 0 Å². The first kappa shape index (κ1) is 11.3. The van der Waals surface area contributed by atoms with E-state index in [2.05, 4.69) is 5.32 Å². The second-order valence-corrected chi connectivity index (χ2v) is 2.48. The van der Waals surface area contributed by atoms with E-state index in [1.807, 2.05) is 0 Å². The Morgan fingerprint density at radius 1 is 1.58 bits per heavy atom. The van der Waals surface area contributed by atoms with Crippen LogP contribution >= 0.6 is 0 Å². The van der Waals surface area contributed by atoms with Crippen LogP contribution in [0.15, 0.2) is 0 Å². The number of hydrogen-bond acceptors (Lipinski definition) is 2. The maximum atomic E-state index is 11.6. The van der Waals surface area contributed by atoms with Gasteiger partial charge in [0.05, 0.1) is 6.54 Å². The number of rotatable bonds is 5. The van der Waals surface area contributed by atoms with E-state index in [0.717, 1.165) is 0 Å². The van der Waals surface area contributed by atoms with E-state index in [4.69, 9.17) is 5.73 Å². The normalized spacial score (nSPS) is 13.1. The minimum atomic E-state index is -2.50. The Kier molecular flexibility index (Phi) is 5.53. The zero-order valence-corrected chi connectivity index (χ0v) is 7.02. The highest BCUT2D eigenvalue weighted by molar-refractivity contribution is 5.78. The molecule has 3 N–H and O–H groups in total. The fraction of sp³-hybridized carbons (Fsp3) is 0.857. The Labute approximate surface area is 70.3 Å². The molecule has 12 heavy (non-hydrogen) atoms.